The fourth-order valence-electron chi connectivity index (χ4n) is 2.92. The maximum Gasteiger partial charge on any atom is 0.123 e. The van der Waals surface area contributed by atoms with Gasteiger partial charge in [-0.25, -0.2) is 0 Å². The molecule has 0 amide bonds. The highest BCUT2D eigenvalue weighted by Crippen LogP contribution is 2.30. The summed E-state index contributed by atoms with van der Waals surface area (Å²) in [5.41, 5.74) is 1.22. The third-order valence-electron chi connectivity index (χ3n) is 4.07. The molecule has 0 aromatic heterocycles. The van der Waals surface area contributed by atoms with E-state index < -0.39 is 0 Å². The summed E-state index contributed by atoms with van der Waals surface area (Å²) in [6.45, 7) is 6.99. The zero-order chi connectivity index (χ0) is 14.5. The molecular weight excluding hydrogens is 288 g/mol. The number of nitrogens with one attached hydrogen (secondary N) is 1. The average Bonchev–Trinajstić information content (AvgIpc) is 2.90. The van der Waals surface area contributed by atoms with Crippen molar-refractivity contribution in [2.24, 2.45) is 0 Å². The number of morpholine rings is 1. The van der Waals surface area contributed by atoms with Crippen LogP contribution in [0.5, 0.6) is 5.75 Å². The van der Waals surface area contributed by atoms with Crippen molar-refractivity contribution in [2.45, 2.75) is 18.9 Å². The number of rotatable bonds is 6. The smallest absolute Gasteiger partial charge is 0.123 e. The maximum absolute atomic E-state index is 6.01. The SMILES string of the molecule is Clc1ccc2c(c1)CC(CNCCCN1CCOCC1)O2. The zero-order valence-corrected chi connectivity index (χ0v) is 13.1. The largest absolute Gasteiger partial charge is 0.488 e. The van der Waals surface area contributed by atoms with Gasteiger partial charge in [-0.15, -0.1) is 0 Å². The van der Waals surface area contributed by atoms with Crippen LogP contribution in [0, 0.1) is 0 Å². The summed E-state index contributed by atoms with van der Waals surface area (Å²) in [5.74, 6) is 0.986. The molecule has 1 fully saturated rings. The molecule has 1 aromatic rings. The summed E-state index contributed by atoms with van der Waals surface area (Å²) in [4.78, 5) is 2.47. The molecule has 1 N–H and O–H groups in total. The Bertz CT molecular complexity index is 464. The van der Waals surface area contributed by atoms with Crippen molar-refractivity contribution in [3.63, 3.8) is 0 Å². The minimum Gasteiger partial charge on any atom is -0.488 e. The summed E-state index contributed by atoms with van der Waals surface area (Å²) in [6, 6.07) is 5.87. The van der Waals surface area contributed by atoms with Crippen LogP contribution in [0.25, 0.3) is 0 Å². The molecule has 5 heteroatoms. The molecule has 4 nitrogen and oxygen atoms in total. The lowest BCUT2D eigenvalue weighted by Gasteiger charge is -2.26. The lowest BCUT2D eigenvalue weighted by atomic mass is 10.1. The van der Waals surface area contributed by atoms with Crippen LogP contribution >= 0.6 is 11.6 Å². The van der Waals surface area contributed by atoms with Gasteiger partial charge in [0, 0.05) is 31.1 Å². The number of hydrogen-bond acceptors (Lipinski definition) is 4. The van der Waals surface area contributed by atoms with Crippen molar-refractivity contribution in [2.75, 3.05) is 45.9 Å². The van der Waals surface area contributed by atoms with Gasteiger partial charge in [0.15, 0.2) is 0 Å². The van der Waals surface area contributed by atoms with E-state index in [2.05, 4.69) is 10.2 Å². The van der Waals surface area contributed by atoms with Gasteiger partial charge in [-0.2, -0.15) is 0 Å². The minimum atomic E-state index is 0.238. The van der Waals surface area contributed by atoms with E-state index in [0.717, 1.165) is 63.1 Å². The van der Waals surface area contributed by atoms with Crippen LogP contribution < -0.4 is 10.1 Å². The highest BCUT2D eigenvalue weighted by molar-refractivity contribution is 6.30. The number of halogens is 1. The molecule has 1 saturated heterocycles. The lowest BCUT2D eigenvalue weighted by Crippen LogP contribution is -2.38. The second kappa shape index (κ2) is 7.45. The Morgan fingerprint density at radius 3 is 3.00 bits per heavy atom. The van der Waals surface area contributed by atoms with Crippen molar-refractivity contribution < 1.29 is 9.47 Å². The number of nitrogens with zero attached hydrogens (tertiary/aromatic N) is 1. The minimum absolute atomic E-state index is 0.238. The van der Waals surface area contributed by atoms with E-state index in [-0.39, 0.29) is 6.10 Å². The van der Waals surface area contributed by atoms with Gasteiger partial charge in [0.1, 0.15) is 11.9 Å². The first-order valence-corrected chi connectivity index (χ1v) is 8.15. The molecule has 0 aliphatic carbocycles. The van der Waals surface area contributed by atoms with Gasteiger partial charge >= 0.3 is 0 Å². The number of ether oxygens (including phenoxy) is 2. The van der Waals surface area contributed by atoms with E-state index in [4.69, 9.17) is 21.1 Å². The third kappa shape index (κ3) is 4.33. The predicted molar refractivity (Wildman–Crippen MR) is 84.3 cm³/mol. The summed E-state index contributed by atoms with van der Waals surface area (Å²) < 4.78 is 11.3. The topological polar surface area (TPSA) is 33.7 Å². The first-order valence-electron chi connectivity index (χ1n) is 7.77. The average molecular weight is 311 g/mol. The Morgan fingerprint density at radius 2 is 2.14 bits per heavy atom. The molecule has 0 saturated carbocycles. The fourth-order valence-corrected chi connectivity index (χ4v) is 3.11. The Hall–Kier alpha value is -0.810. The van der Waals surface area contributed by atoms with E-state index in [9.17, 15) is 0 Å². The molecule has 1 atom stereocenters. The summed E-state index contributed by atoms with van der Waals surface area (Å²) in [7, 11) is 0. The third-order valence-corrected chi connectivity index (χ3v) is 4.30. The second-order valence-electron chi connectivity index (χ2n) is 5.71. The first kappa shape index (κ1) is 15.1. The van der Waals surface area contributed by atoms with Gasteiger partial charge in [0.25, 0.3) is 0 Å². The van der Waals surface area contributed by atoms with Crippen molar-refractivity contribution in [3.8, 4) is 5.75 Å². The van der Waals surface area contributed by atoms with E-state index in [1.165, 1.54) is 12.0 Å². The van der Waals surface area contributed by atoms with Crippen LogP contribution in [0.4, 0.5) is 0 Å². The van der Waals surface area contributed by atoms with E-state index in [1.54, 1.807) is 0 Å². The molecule has 116 valence electrons. The Labute approximate surface area is 131 Å². The van der Waals surface area contributed by atoms with Crippen molar-refractivity contribution >= 4 is 11.6 Å². The molecule has 21 heavy (non-hydrogen) atoms. The Kier molecular flexibility index (Phi) is 5.36. The van der Waals surface area contributed by atoms with Crippen LogP contribution in [0.1, 0.15) is 12.0 Å². The van der Waals surface area contributed by atoms with E-state index in [0.29, 0.717) is 0 Å². The zero-order valence-electron chi connectivity index (χ0n) is 12.3. The van der Waals surface area contributed by atoms with Gasteiger partial charge in [0.05, 0.1) is 13.2 Å². The summed E-state index contributed by atoms with van der Waals surface area (Å²) >= 11 is 6.01. The van der Waals surface area contributed by atoms with Crippen molar-refractivity contribution in [1.82, 2.24) is 10.2 Å². The van der Waals surface area contributed by atoms with E-state index >= 15 is 0 Å². The number of fused-ring (bicyclic) bond motifs is 1. The van der Waals surface area contributed by atoms with Crippen LogP contribution in [-0.2, 0) is 11.2 Å². The molecule has 2 heterocycles. The lowest BCUT2D eigenvalue weighted by molar-refractivity contribution is 0.0374. The highest BCUT2D eigenvalue weighted by Gasteiger charge is 2.22. The van der Waals surface area contributed by atoms with Crippen molar-refractivity contribution in [1.29, 1.82) is 0 Å². The fraction of sp³-hybridized carbons (Fsp3) is 0.625. The van der Waals surface area contributed by atoms with Crippen LogP contribution in [-0.4, -0.2) is 56.9 Å². The standard InChI is InChI=1S/C16H23ClN2O2/c17-14-2-3-16-13(10-14)11-15(21-16)12-18-4-1-5-19-6-8-20-9-7-19/h2-3,10,15,18H,1,4-9,11-12H2. The number of hydrogen-bond donors (Lipinski definition) is 1. The molecule has 0 bridgehead atoms. The van der Waals surface area contributed by atoms with Crippen molar-refractivity contribution in [3.05, 3.63) is 28.8 Å². The monoisotopic (exact) mass is 310 g/mol. The Morgan fingerprint density at radius 1 is 1.29 bits per heavy atom. The quantitative estimate of drug-likeness (QED) is 0.815. The predicted octanol–water partition coefficient (Wildman–Crippen LogP) is 1.96. The molecule has 1 aromatic carbocycles. The molecule has 3 rings (SSSR count). The van der Waals surface area contributed by atoms with Crippen LogP contribution in [0.15, 0.2) is 18.2 Å². The van der Waals surface area contributed by atoms with Gasteiger partial charge in [0.2, 0.25) is 0 Å². The van der Waals surface area contributed by atoms with Gasteiger partial charge in [-0.1, -0.05) is 11.6 Å². The molecular formula is C16H23ClN2O2. The van der Waals surface area contributed by atoms with Gasteiger partial charge < -0.3 is 14.8 Å². The molecule has 1 unspecified atom stereocenters. The second-order valence-corrected chi connectivity index (χ2v) is 6.14. The van der Waals surface area contributed by atoms with E-state index in [1.807, 2.05) is 18.2 Å². The Balaban J connectivity index is 1.30. The van der Waals surface area contributed by atoms with Crippen LogP contribution in [0.3, 0.4) is 0 Å². The highest BCUT2D eigenvalue weighted by atomic mass is 35.5. The first-order chi connectivity index (χ1) is 10.3. The number of benzene rings is 1. The normalized spacial score (nSPS) is 22.0. The molecule has 0 radical (unpaired) electrons. The molecule has 2 aliphatic heterocycles. The van der Waals surface area contributed by atoms with Crippen LogP contribution in [0.2, 0.25) is 5.02 Å². The maximum atomic E-state index is 6.01. The van der Waals surface area contributed by atoms with Gasteiger partial charge in [-0.3, -0.25) is 4.90 Å². The summed E-state index contributed by atoms with van der Waals surface area (Å²) in [5, 5.41) is 4.29. The summed E-state index contributed by atoms with van der Waals surface area (Å²) in [6.07, 6.45) is 2.36. The molecule has 2 aliphatic rings. The molecule has 0 spiro atoms. The van der Waals surface area contributed by atoms with Gasteiger partial charge in [-0.05, 0) is 43.3 Å².